The lowest BCUT2D eigenvalue weighted by atomic mass is 10.1. The lowest BCUT2D eigenvalue weighted by Crippen LogP contribution is -1.95. The van der Waals surface area contributed by atoms with Crippen LogP contribution in [0.5, 0.6) is 0 Å². The first-order valence-electron chi connectivity index (χ1n) is 8.62. The van der Waals surface area contributed by atoms with Crippen LogP contribution in [0.2, 0.25) is 0 Å². The van der Waals surface area contributed by atoms with Gasteiger partial charge in [-0.3, -0.25) is 4.79 Å². The van der Waals surface area contributed by atoms with E-state index in [2.05, 4.69) is 12.1 Å². The highest BCUT2D eigenvalue weighted by Crippen LogP contribution is 2.11. The molecular formula is C19H30O3. The van der Waals surface area contributed by atoms with Gasteiger partial charge in [0.1, 0.15) is 0 Å². The molecule has 1 aromatic carbocycles. The monoisotopic (exact) mass is 306 g/mol. The van der Waals surface area contributed by atoms with Gasteiger partial charge in [0.25, 0.3) is 0 Å². The van der Waals surface area contributed by atoms with Crippen molar-refractivity contribution in [1.29, 1.82) is 0 Å². The fourth-order valence-electron chi connectivity index (χ4n) is 2.48. The first-order chi connectivity index (χ1) is 10.8. The quantitative estimate of drug-likeness (QED) is 0.481. The number of carboxylic acids is 1. The molecule has 0 bridgehead atoms. The summed E-state index contributed by atoms with van der Waals surface area (Å²) in [6, 6.07) is 10.3. The first-order valence-corrected chi connectivity index (χ1v) is 8.62. The highest BCUT2D eigenvalue weighted by molar-refractivity contribution is 5.66. The number of hydrogen-bond acceptors (Lipinski definition) is 2. The minimum atomic E-state index is -0.672. The Hall–Kier alpha value is -1.35. The Labute approximate surface area is 134 Å². The zero-order valence-corrected chi connectivity index (χ0v) is 13.6. The van der Waals surface area contributed by atoms with Crippen LogP contribution >= 0.6 is 0 Å². The van der Waals surface area contributed by atoms with Crippen LogP contribution in [0.15, 0.2) is 30.3 Å². The van der Waals surface area contributed by atoms with Gasteiger partial charge in [-0.25, -0.2) is 0 Å². The smallest absolute Gasteiger partial charge is 0.303 e. The minimum absolute atomic E-state index is 0.322. The summed E-state index contributed by atoms with van der Waals surface area (Å²) in [5.74, 6) is -0.672. The summed E-state index contributed by atoms with van der Waals surface area (Å²) < 4.78 is 5.66. The van der Waals surface area contributed by atoms with Gasteiger partial charge in [-0.1, -0.05) is 75.3 Å². The SMILES string of the molecule is O=C(O)CCCCCCCCCCCOCc1ccccc1. The molecule has 3 heteroatoms. The minimum Gasteiger partial charge on any atom is -0.481 e. The molecule has 0 amide bonds. The van der Waals surface area contributed by atoms with E-state index in [9.17, 15) is 4.79 Å². The summed E-state index contributed by atoms with van der Waals surface area (Å²) in [6.07, 6.45) is 10.9. The Morgan fingerprint density at radius 1 is 0.818 bits per heavy atom. The predicted octanol–water partition coefficient (Wildman–Crippen LogP) is 5.19. The number of carbonyl (C=O) groups is 1. The summed E-state index contributed by atoms with van der Waals surface area (Å²) in [4.78, 5) is 10.4. The number of rotatable bonds is 14. The fourth-order valence-corrected chi connectivity index (χ4v) is 2.48. The van der Waals surface area contributed by atoms with Gasteiger partial charge < -0.3 is 9.84 Å². The van der Waals surface area contributed by atoms with Crippen molar-refractivity contribution in [1.82, 2.24) is 0 Å². The molecule has 0 atom stereocenters. The van der Waals surface area contributed by atoms with Crippen molar-refractivity contribution >= 4 is 5.97 Å². The largest absolute Gasteiger partial charge is 0.481 e. The Kier molecular flexibility index (Phi) is 11.3. The van der Waals surface area contributed by atoms with Crippen molar-refractivity contribution in [2.45, 2.75) is 70.8 Å². The standard InChI is InChI=1S/C19H30O3/c20-19(21)15-11-6-4-2-1-3-5-7-12-16-22-17-18-13-9-8-10-14-18/h8-10,13-14H,1-7,11-12,15-17H2,(H,20,21). The van der Waals surface area contributed by atoms with Gasteiger partial charge in [-0.15, -0.1) is 0 Å². The second-order valence-corrected chi connectivity index (χ2v) is 5.86. The third kappa shape index (κ3) is 11.3. The Morgan fingerprint density at radius 3 is 1.95 bits per heavy atom. The van der Waals surface area contributed by atoms with E-state index in [4.69, 9.17) is 9.84 Å². The van der Waals surface area contributed by atoms with Crippen molar-refractivity contribution < 1.29 is 14.6 Å². The zero-order chi connectivity index (χ0) is 15.9. The van der Waals surface area contributed by atoms with Crippen LogP contribution in [0, 0.1) is 0 Å². The Morgan fingerprint density at radius 2 is 1.36 bits per heavy atom. The number of carboxylic acid groups (broad SMARTS) is 1. The van der Waals surface area contributed by atoms with Crippen LogP contribution < -0.4 is 0 Å². The molecule has 3 nitrogen and oxygen atoms in total. The molecule has 0 spiro atoms. The summed E-state index contributed by atoms with van der Waals surface area (Å²) >= 11 is 0. The molecule has 0 heterocycles. The third-order valence-corrected chi connectivity index (χ3v) is 3.79. The van der Waals surface area contributed by atoms with E-state index in [1.807, 2.05) is 18.2 Å². The number of unbranched alkanes of at least 4 members (excludes halogenated alkanes) is 8. The second kappa shape index (κ2) is 13.3. The molecule has 0 aliphatic rings. The molecule has 1 rings (SSSR count). The Balaban J connectivity index is 1.76. The third-order valence-electron chi connectivity index (χ3n) is 3.79. The van der Waals surface area contributed by atoms with Gasteiger partial charge in [0.05, 0.1) is 6.61 Å². The van der Waals surface area contributed by atoms with Crippen LogP contribution in [-0.2, 0) is 16.1 Å². The van der Waals surface area contributed by atoms with Crippen molar-refractivity contribution in [2.24, 2.45) is 0 Å². The zero-order valence-electron chi connectivity index (χ0n) is 13.6. The predicted molar refractivity (Wildman–Crippen MR) is 89.9 cm³/mol. The van der Waals surface area contributed by atoms with Gasteiger partial charge in [0.15, 0.2) is 0 Å². The number of hydrogen-bond donors (Lipinski definition) is 1. The first kappa shape index (κ1) is 18.7. The summed E-state index contributed by atoms with van der Waals surface area (Å²) in [6.45, 7) is 1.57. The molecule has 22 heavy (non-hydrogen) atoms. The van der Waals surface area contributed by atoms with Crippen LogP contribution in [0.3, 0.4) is 0 Å². The number of aliphatic carboxylic acids is 1. The average molecular weight is 306 g/mol. The molecule has 0 saturated heterocycles. The summed E-state index contributed by atoms with van der Waals surface area (Å²) in [7, 11) is 0. The lowest BCUT2D eigenvalue weighted by Gasteiger charge is -2.05. The molecular weight excluding hydrogens is 276 g/mol. The van der Waals surface area contributed by atoms with Crippen molar-refractivity contribution in [3.05, 3.63) is 35.9 Å². The normalized spacial score (nSPS) is 10.7. The molecule has 0 aliphatic heterocycles. The van der Waals surface area contributed by atoms with Gasteiger partial charge in [0.2, 0.25) is 0 Å². The maximum absolute atomic E-state index is 10.4. The number of benzene rings is 1. The molecule has 0 radical (unpaired) electrons. The van der Waals surface area contributed by atoms with Crippen LogP contribution in [0.1, 0.15) is 69.8 Å². The molecule has 0 unspecified atom stereocenters. The maximum atomic E-state index is 10.4. The van der Waals surface area contributed by atoms with Crippen LogP contribution in [0.25, 0.3) is 0 Å². The fraction of sp³-hybridized carbons (Fsp3) is 0.632. The van der Waals surface area contributed by atoms with E-state index >= 15 is 0 Å². The molecule has 0 fully saturated rings. The van der Waals surface area contributed by atoms with Gasteiger partial charge in [0, 0.05) is 13.0 Å². The van der Waals surface area contributed by atoms with E-state index in [-0.39, 0.29) is 0 Å². The van der Waals surface area contributed by atoms with E-state index in [1.165, 1.54) is 44.1 Å². The van der Waals surface area contributed by atoms with E-state index in [0.717, 1.165) is 32.5 Å². The van der Waals surface area contributed by atoms with E-state index < -0.39 is 5.97 Å². The van der Waals surface area contributed by atoms with Gasteiger partial charge in [-0.05, 0) is 18.4 Å². The Bertz CT molecular complexity index is 376. The lowest BCUT2D eigenvalue weighted by molar-refractivity contribution is -0.137. The van der Waals surface area contributed by atoms with E-state index in [0.29, 0.717) is 6.42 Å². The molecule has 124 valence electrons. The highest BCUT2D eigenvalue weighted by atomic mass is 16.5. The molecule has 1 N–H and O–H groups in total. The molecule has 1 aromatic rings. The summed E-state index contributed by atoms with van der Waals surface area (Å²) in [5.41, 5.74) is 1.24. The topological polar surface area (TPSA) is 46.5 Å². The molecule has 0 aromatic heterocycles. The van der Waals surface area contributed by atoms with Crippen LogP contribution in [0.4, 0.5) is 0 Å². The number of ether oxygens (including phenoxy) is 1. The van der Waals surface area contributed by atoms with Crippen molar-refractivity contribution in [3.8, 4) is 0 Å². The highest BCUT2D eigenvalue weighted by Gasteiger charge is 1.97. The van der Waals surface area contributed by atoms with Crippen LogP contribution in [-0.4, -0.2) is 17.7 Å². The van der Waals surface area contributed by atoms with Gasteiger partial charge in [-0.2, -0.15) is 0 Å². The van der Waals surface area contributed by atoms with Gasteiger partial charge >= 0.3 is 5.97 Å². The average Bonchev–Trinajstić information content (AvgIpc) is 2.52. The molecule has 0 saturated carbocycles. The van der Waals surface area contributed by atoms with E-state index in [1.54, 1.807) is 0 Å². The van der Waals surface area contributed by atoms with Crippen molar-refractivity contribution in [3.63, 3.8) is 0 Å². The maximum Gasteiger partial charge on any atom is 0.303 e. The second-order valence-electron chi connectivity index (χ2n) is 5.86. The summed E-state index contributed by atoms with van der Waals surface area (Å²) in [5, 5.41) is 8.53. The van der Waals surface area contributed by atoms with Crippen molar-refractivity contribution in [2.75, 3.05) is 6.61 Å². The molecule has 0 aliphatic carbocycles.